The molecule has 2 atom stereocenters. The zero-order valence-electron chi connectivity index (χ0n) is 27.1. The number of carbonyl (C=O) groups is 2. The number of fused-ring (bicyclic) bond motifs is 1. The van der Waals surface area contributed by atoms with E-state index in [9.17, 15) is 19.5 Å². The summed E-state index contributed by atoms with van der Waals surface area (Å²) in [7, 11) is 0. The second-order valence-corrected chi connectivity index (χ2v) is 14.3. The number of carbonyl (C=O) groups excluding carboxylic acids is 2. The molecule has 0 unspecified atom stereocenters. The van der Waals surface area contributed by atoms with Crippen LogP contribution in [0.15, 0.2) is 78.0 Å². The molecule has 2 saturated heterocycles. The molecule has 11 heteroatoms. The van der Waals surface area contributed by atoms with E-state index in [2.05, 4.69) is 4.98 Å². The Balaban J connectivity index is 1.12. The number of piperidine rings is 2. The van der Waals surface area contributed by atoms with Crippen LogP contribution in [0, 0.1) is 5.92 Å². The van der Waals surface area contributed by atoms with Crippen LogP contribution >= 0.6 is 11.6 Å². The number of aliphatic hydroxyl groups is 1. The van der Waals surface area contributed by atoms with E-state index in [0.29, 0.717) is 68.0 Å². The van der Waals surface area contributed by atoms with E-state index in [1.165, 1.54) is 10.9 Å². The van der Waals surface area contributed by atoms with E-state index in [-0.39, 0.29) is 35.9 Å². The normalized spacial score (nSPS) is 19.9. The fourth-order valence-electron chi connectivity index (χ4n) is 6.81. The van der Waals surface area contributed by atoms with Gasteiger partial charge >= 0.3 is 6.09 Å². The summed E-state index contributed by atoms with van der Waals surface area (Å²) in [6, 6.07) is 19.2. The SMILES string of the molecule is CC(C)(C)OC(=O)N1CC[C@@H](C(=O)N2CCC(O)(Cn3cnc4c(ccn4Cc4cccc(Cl)c4)c3=O)CC2)[C@H](c2ccccc2)C1. The van der Waals surface area contributed by atoms with Crippen LogP contribution < -0.4 is 5.56 Å². The number of likely N-dealkylation sites (tertiary alicyclic amines) is 2. The number of aromatic nitrogens is 3. The molecule has 4 aromatic rings. The van der Waals surface area contributed by atoms with Crippen LogP contribution in [0.5, 0.6) is 0 Å². The molecule has 2 aromatic carbocycles. The zero-order chi connectivity index (χ0) is 33.3. The number of ether oxygens (including phenoxy) is 1. The summed E-state index contributed by atoms with van der Waals surface area (Å²) < 4.78 is 9.02. The summed E-state index contributed by atoms with van der Waals surface area (Å²) in [5, 5.41) is 12.7. The van der Waals surface area contributed by atoms with Crippen LogP contribution in [0.25, 0.3) is 11.0 Å². The van der Waals surface area contributed by atoms with Crippen molar-refractivity contribution >= 4 is 34.6 Å². The summed E-state index contributed by atoms with van der Waals surface area (Å²) in [6.45, 7) is 7.75. The molecule has 6 rings (SSSR count). The molecule has 2 aromatic heterocycles. The molecule has 248 valence electrons. The third kappa shape index (κ3) is 7.39. The lowest BCUT2D eigenvalue weighted by Crippen LogP contribution is -2.53. The number of hydrogen-bond acceptors (Lipinski definition) is 6. The average Bonchev–Trinajstić information content (AvgIpc) is 3.45. The van der Waals surface area contributed by atoms with E-state index in [1.54, 1.807) is 11.0 Å². The molecule has 10 nitrogen and oxygen atoms in total. The molecule has 2 aliphatic rings. The highest BCUT2D eigenvalue weighted by Crippen LogP contribution is 2.36. The maximum atomic E-state index is 14.0. The molecule has 1 N–H and O–H groups in total. The Hall–Kier alpha value is -4.15. The van der Waals surface area contributed by atoms with Crippen LogP contribution in [0.4, 0.5) is 4.79 Å². The van der Waals surface area contributed by atoms with Crippen LogP contribution in [0.1, 0.15) is 57.1 Å². The third-order valence-electron chi connectivity index (χ3n) is 9.27. The number of nitrogens with zero attached hydrogens (tertiary/aromatic N) is 5. The highest BCUT2D eigenvalue weighted by atomic mass is 35.5. The molecule has 0 bridgehead atoms. The minimum Gasteiger partial charge on any atom is -0.444 e. The van der Waals surface area contributed by atoms with Gasteiger partial charge in [-0.2, -0.15) is 0 Å². The van der Waals surface area contributed by atoms with Gasteiger partial charge in [-0.3, -0.25) is 14.2 Å². The van der Waals surface area contributed by atoms with Crippen molar-refractivity contribution in [1.29, 1.82) is 0 Å². The predicted octanol–water partition coefficient (Wildman–Crippen LogP) is 5.29. The minimum atomic E-state index is -1.15. The summed E-state index contributed by atoms with van der Waals surface area (Å²) in [6.07, 6.45) is 4.17. The van der Waals surface area contributed by atoms with Crippen molar-refractivity contribution in [2.75, 3.05) is 26.2 Å². The van der Waals surface area contributed by atoms with Gasteiger partial charge in [-0.15, -0.1) is 0 Å². The Labute approximate surface area is 279 Å². The molecule has 2 aliphatic heterocycles. The van der Waals surface area contributed by atoms with Gasteiger partial charge in [-0.05, 0) is 69.4 Å². The summed E-state index contributed by atoms with van der Waals surface area (Å²) in [5.41, 5.74) is 0.611. The Morgan fingerprint density at radius 2 is 1.74 bits per heavy atom. The predicted molar refractivity (Wildman–Crippen MR) is 180 cm³/mol. The van der Waals surface area contributed by atoms with Crippen LogP contribution in [0.2, 0.25) is 5.02 Å². The van der Waals surface area contributed by atoms with Crippen LogP contribution in [-0.4, -0.2) is 78.4 Å². The quantitative estimate of drug-likeness (QED) is 0.301. The van der Waals surface area contributed by atoms with Gasteiger partial charge in [0.2, 0.25) is 5.91 Å². The first-order chi connectivity index (χ1) is 22.4. The lowest BCUT2D eigenvalue weighted by atomic mass is 9.79. The minimum absolute atomic E-state index is 0.0334. The fourth-order valence-corrected chi connectivity index (χ4v) is 7.02. The topological polar surface area (TPSA) is 110 Å². The van der Waals surface area contributed by atoms with E-state index in [0.717, 1.165) is 11.1 Å². The molecule has 0 radical (unpaired) electrons. The van der Waals surface area contributed by atoms with Gasteiger partial charge in [-0.1, -0.05) is 54.1 Å². The van der Waals surface area contributed by atoms with Gasteiger partial charge in [-0.25, -0.2) is 9.78 Å². The van der Waals surface area contributed by atoms with Crippen molar-refractivity contribution in [2.24, 2.45) is 5.92 Å². The van der Waals surface area contributed by atoms with E-state index >= 15 is 0 Å². The van der Waals surface area contributed by atoms with Crippen molar-refractivity contribution in [3.8, 4) is 0 Å². The number of rotatable bonds is 6. The number of amides is 2. The van der Waals surface area contributed by atoms with Crippen molar-refractivity contribution in [3.05, 3.63) is 99.7 Å². The van der Waals surface area contributed by atoms with Gasteiger partial charge in [0.1, 0.15) is 17.6 Å². The maximum Gasteiger partial charge on any atom is 0.410 e. The standard InChI is InChI=1S/C36H42ClN5O5/c1-35(2,3)47-34(45)41-17-12-28(30(22-41)26-9-5-4-6-10-26)32(43)39-18-14-36(46,15-19-39)23-42-24-38-31-29(33(42)44)13-16-40(31)21-25-8-7-11-27(37)20-25/h4-11,13,16,20,24,28,30,46H,12,14-15,17-19,21-23H2,1-3H3/t28-,30+/m1/s1. The van der Waals surface area contributed by atoms with Crippen LogP contribution in [0.3, 0.4) is 0 Å². The molecule has 47 heavy (non-hydrogen) atoms. The first kappa shape index (κ1) is 32.8. The number of benzene rings is 2. The van der Waals surface area contributed by atoms with E-state index < -0.39 is 11.2 Å². The molecule has 2 fully saturated rings. The number of hydrogen-bond donors (Lipinski definition) is 1. The Kier molecular flexibility index (Phi) is 9.18. The van der Waals surface area contributed by atoms with Gasteiger partial charge in [0, 0.05) is 55.8 Å². The highest BCUT2D eigenvalue weighted by molar-refractivity contribution is 6.30. The zero-order valence-corrected chi connectivity index (χ0v) is 27.9. The van der Waals surface area contributed by atoms with E-state index in [1.807, 2.05) is 91.0 Å². The van der Waals surface area contributed by atoms with Crippen molar-refractivity contribution in [3.63, 3.8) is 0 Å². The molecule has 4 heterocycles. The summed E-state index contributed by atoms with van der Waals surface area (Å²) in [5.74, 6) is -0.438. The smallest absolute Gasteiger partial charge is 0.410 e. The van der Waals surface area contributed by atoms with Crippen molar-refractivity contribution in [1.82, 2.24) is 23.9 Å². The van der Waals surface area contributed by atoms with Gasteiger partial charge in [0.05, 0.1) is 17.5 Å². The molecule has 0 aliphatic carbocycles. The second-order valence-electron chi connectivity index (χ2n) is 13.9. The monoisotopic (exact) mass is 659 g/mol. The Morgan fingerprint density at radius 1 is 1.00 bits per heavy atom. The third-order valence-corrected chi connectivity index (χ3v) is 9.50. The molecule has 2 amide bonds. The largest absolute Gasteiger partial charge is 0.444 e. The molecule has 0 spiro atoms. The molecular weight excluding hydrogens is 618 g/mol. The highest BCUT2D eigenvalue weighted by Gasteiger charge is 2.42. The van der Waals surface area contributed by atoms with Crippen LogP contribution in [-0.2, 0) is 22.6 Å². The van der Waals surface area contributed by atoms with Gasteiger partial charge < -0.3 is 24.2 Å². The second kappa shape index (κ2) is 13.2. The molecular formula is C36H42ClN5O5. The maximum absolute atomic E-state index is 14.0. The lowest BCUT2D eigenvalue weighted by Gasteiger charge is -2.43. The Bertz CT molecular complexity index is 1810. The van der Waals surface area contributed by atoms with E-state index in [4.69, 9.17) is 16.3 Å². The first-order valence-electron chi connectivity index (χ1n) is 16.2. The van der Waals surface area contributed by atoms with Gasteiger partial charge in [0.25, 0.3) is 5.56 Å². The first-order valence-corrected chi connectivity index (χ1v) is 16.6. The summed E-state index contributed by atoms with van der Waals surface area (Å²) in [4.78, 5) is 48.5. The van der Waals surface area contributed by atoms with Crippen molar-refractivity contribution < 1.29 is 19.4 Å². The van der Waals surface area contributed by atoms with Crippen molar-refractivity contribution in [2.45, 2.75) is 70.2 Å². The fraction of sp³-hybridized carbons (Fsp3) is 0.444. The average molecular weight is 660 g/mol. The number of halogens is 1. The Morgan fingerprint density at radius 3 is 2.45 bits per heavy atom. The van der Waals surface area contributed by atoms with Gasteiger partial charge in [0.15, 0.2) is 0 Å². The molecule has 0 saturated carbocycles. The lowest BCUT2D eigenvalue weighted by molar-refractivity contribution is -0.142. The summed E-state index contributed by atoms with van der Waals surface area (Å²) >= 11 is 6.14.